The van der Waals surface area contributed by atoms with Crippen LogP contribution in [0.2, 0.25) is 0 Å². The highest BCUT2D eigenvalue weighted by Gasteiger charge is 2.19. The third kappa shape index (κ3) is 3.67. The van der Waals surface area contributed by atoms with Crippen LogP contribution in [0.25, 0.3) is 0 Å². The molecule has 112 valence electrons. The van der Waals surface area contributed by atoms with Gasteiger partial charge in [-0.15, -0.1) is 11.3 Å². The van der Waals surface area contributed by atoms with Gasteiger partial charge in [-0.25, -0.2) is 22.9 Å². The van der Waals surface area contributed by atoms with Gasteiger partial charge in [-0.05, 0) is 35.0 Å². The number of aromatic nitrogens is 1. The highest BCUT2D eigenvalue weighted by molar-refractivity contribution is 9.10. The van der Waals surface area contributed by atoms with Crippen LogP contribution in [0.4, 0.5) is 0 Å². The van der Waals surface area contributed by atoms with Gasteiger partial charge in [-0.3, -0.25) is 0 Å². The van der Waals surface area contributed by atoms with Crippen molar-refractivity contribution in [1.29, 1.82) is 0 Å². The lowest BCUT2D eigenvalue weighted by Crippen LogP contribution is -2.23. The fourth-order valence-corrected chi connectivity index (χ4v) is 4.55. The SMILES string of the molecule is Cc1nc(CNS(=O)(=O)c2ccccc2Br)sc1C(=O)O. The van der Waals surface area contributed by atoms with Gasteiger partial charge in [0.25, 0.3) is 0 Å². The van der Waals surface area contributed by atoms with Crippen molar-refractivity contribution in [2.24, 2.45) is 0 Å². The van der Waals surface area contributed by atoms with E-state index in [1.807, 2.05) is 0 Å². The topological polar surface area (TPSA) is 96.4 Å². The van der Waals surface area contributed by atoms with Gasteiger partial charge < -0.3 is 5.11 Å². The molecule has 2 aromatic rings. The fraction of sp³-hybridized carbons (Fsp3) is 0.167. The first kappa shape index (κ1) is 16.1. The lowest BCUT2D eigenvalue weighted by atomic mass is 10.4. The minimum atomic E-state index is -3.69. The van der Waals surface area contributed by atoms with Crippen LogP contribution in [0.15, 0.2) is 33.6 Å². The summed E-state index contributed by atoms with van der Waals surface area (Å²) in [5.41, 5.74) is 0.377. The Hall–Kier alpha value is -1.29. The summed E-state index contributed by atoms with van der Waals surface area (Å²) in [5, 5.41) is 9.35. The average Bonchev–Trinajstić information content (AvgIpc) is 2.78. The Bertz CT molecular complexity index is 786. The Morgan fingerprint density at radius 3 is 2.67 bits per heavy atom. The van der Waals surface area contributed by atoms with Crippen LogP contribution < -0.4 is 4.72 Å². The molecule has 0 aliphatic heterocycles. The van der Waals surface area contributed by atoms with Gasteiger partial charge in [0.15, 0.2) is 0 Å². The van der Waals surface area contributed by atoms with Crippen LogP contribution in [0, 0.1) is 6.92 Å². The van der Waals surface area contributed by atoms with E-state index in [1.165, 1.54) is 6.07 Å². The van der Waals surface area contributed by atoms with Crippen LogP contribution in [0.3, 0.4) is 0 Å². The summed E-state index contributed by atoms with van der Waals surface area (Å²) in [6.07, 6.45) is 0. The number of halogens is 1. The Balaban J connectivity index is 2.18. The second kappa shape index (κ2) is 6.22. The molecule has 0 bridgehead atoms. The summed E-state index contributed by atoms with van der Waals surface area (Å²) in [5.74, 6) is -1.06. The van der Waals surface area contributed by atoms with Crippen molar-refractivity contribution in [2.75, 3.05) is 0 Å². The number of benzene rings is 1. The Kier molecular flexibility index (Phi) is 4.77. The number of carboxylic acids is 1. The molecule has 1 aromatic heterocycles. The number of hydrogen-bond acceptors (Lipinski definition) is 5. The molecule has 0 amide bonds. The van der Waals surface area contributed by atoms with Crippen molar-refractivity contribution >= 4 is 43.3 Å². The number of sulfonamides is 1. The Morgan fingerprint density at radius 1 is 1.43 bits per heavy atom. The smallest absolute Gasteiger partial charge is 0.347 e. The number of aryl methyl sites for hydroxylation is 1. The lowest BCUT2D eigenvalue weighted by molar-refractivity contribution is 0.0701. The van der Waals surface area contributed by atoms with Crippen molar-refractivity contribution < 1.29 is 18.3 Å². The molecule has 0 radical (unpaired) electrons. The zero-order valence-corrected chi connectivity index (χ0v) is 14.0. The van der Waals surface area contributed by atoms with Crippen LogP contribution in [-0.2, 0) is 16.6 Å². The minimum absolute atomic E-state index is 0.0531. The molecule has 0 saturated carbocycles. The summed E-state index contributed by atoms with van der Waals surface area (Å²) in [4.78, 5) is 15.2. The number of carboxylic acid groups (broad SMARTS) is 1. The van der Waals surface area contributed by atoms with Crippen molar-refractivity contribution in [1.82, 2.24) is 9.71 Å². The molecule has 0 fully saturated rings. The van der Waals surface area contributed by atoms with Gasteiger partial charge in [-0.1, -0.05) is 12.1 Å². The quantitative estimate of drug-likeness (QED) is 0.816. The van der Waals surface area contributed by atoms with Crippen LogP contribution in [-0.4, -0.2) is 24.5 Å². The first-order valence-corrected chi connectivity index (χ1v) is 8.84. The molecule has 6 nitrogen and oxygen atoms in total. The van der Waals surface area contributed by atoms with Gasteiger partial charge >= 0.3 is 5.97 Å². The van der Waals surface area contributed by atoms with E-state index < -0.39 is 16.0 Å². The molecular formula is C12H11BrN2O4S2. The second-order valence-corrected chi connectivity index (χ2v) is 7.76. The molecule has 0 aliphatic carbocycles. The summed E-state index contributed by atoms with van der Waals surface area (Å²) >= 11 is 4.14. The number of nitrogens with one attached hydrogen (secondary N) is 1. The monoisotopic (exact) mass is 390 g/mol. The first-order valence-electron chi connectivity index (χ1n) is 5.75. The Morgan fingerprint density at radius 2 is 2.10 bits per heavy atom. The molecule has 21 heavy (non-hydrogen) atoms. The summed E-state index contributed by atoms with van der Waals surface area (Å²) in [7, 11) is -3.69. The normalized spacial score (nSPS) is 11.5. The van der Waals surface area contributed by atoms with Crippen LogP contribution in [0.5, 0.6) is 0 Å². The predicted octanol–water partition coefficient (Wildman–Crippen LogP) is 2.39. The van der Waals surface area contributed by atoms with Crippen molar-refractivity contribution in [2.45, 2.75) is 18.4 Å². The highest BCUT2D eigenvalue weighted by Crippen LogP contribution is 2.22. The number of rotatable bonds is 5. The van der Waals surface area contributed by atoms with Crippen LogP contribution >= 0.6 is 27.3 Å². The van der Waals surface area contributed by atoms with E-state index >= 15 is 0 Å². The predicted molar refractivity (Wildman–Crippen MR) is 82.0 cm³/mol. The van der Waals surface area contributed by atoms with Crippen molar-refractivity contribution in [3.63, 3.8) is 0 Å². The van der Waals surface area contributed by atoms with Crippen LogP contribution in [0.1, 0.15) is 20.4 Å². The van der Waals surface area contributed by atoms with Gasteiger partial charge in [0.2, 0.25) is 10.0 Å². The van der Waals surface area contributed by atoms with E-state index in [-0.39, 0.29) is 16.3 Å². The van der Waals surface area contributed by atoms with Gasteiger partial charge in [0.1, 0.15) is 9.88 Å². The van der Waals surface area contributed by atoms with Gasteiger partial charge in [-0.2, -0.15) is 0 Å². The standard InChI is InChI=1S/C12H11BrN2O4S2/c1-7-11(12(16)17)20-10(15-7)6-14-21(18,19)9-5-3-2-4-8(9)13/h2-5,14H,6H2,1H3,(H,16,17). The van der Waals surface area contributed by atoms with Crippen molar-refractivity contribution in [3.8, 4) is 0 Å². The molecule has 1 aromatic carbocycles. The van der Waals surface area contributed by atoms with E-state index in [0.29, 0.717) is 15.2 Å². The fourth-order valence-electron chi connectivity index (χ4n) is 1.62. The molecule has 0 aliphatic rings. The van der Waals surface area contributed by atoms with Gasteiger partial charge in [0.05, 0.1) is 17.1 Å². The zero-order chi connectivity index (χ0) is 15.6. The maximum Gasteiger partial charge on any atom is 0.347 e. The summed E-state index contributed by atoms with van der Waals surface area (Å²) < 4.78 is 27.2. The van der Waals surface area contributed by atoms with E-state index in [1.54, 1.807) is 25.1 Å². The summed E-state index contributed by atoms with van der Waals surface area (Å²) in [6.45, 7) is 1.52. The van der Waals surface area contributed by atoms with Gasteiger partial charge in [0, 0.05) is 4.47 Å². The molecule has 2 N–H and O–H groups in total. The largest absolute Gasteiger partial charge is 0.477 e. The molecule has 9 heteroatoms. The third-order valence-corrected chi connectivity index (χ3v) is 6.13. The lowest BCUT2D eigenvalue weighted by Gasteiger charge is -2.06. The minimum Gasteiger partial charge on any atom is -0.477 e. The third-order valence-electron chi connectivity index (χ3n) is 2.57. The summed E-state index contributed by atoms with van der Waals surface area (Å²) in [6, 6.07) is 6.44. The van der Waals surface area contributed by atoms with E-state index in [4.69, 9.17) is 5.11 Å². The highest BCUT2D eigenvalue weighted by atomic mass is 79.9. The average molecular weight is 391 g/mol. The molecule has 2 rings (SSSR count). The van der Waals surface area contributed by atoms with Crippen molar-refractivity contribution in [3.05, 3.63) is 44.3 Å². The van der Waals surface area contributed by atoms with E-state index in [9.17, 15) is 13.2 Å². The Labute approximate surface area is 134 Å². The maximum absolute atomic E-state index is 12.2. The number of thiazole rings is 1. The zero-order valence-electron chi connectivity index (χ0n) is 10.8. The number of carbonyl (C=O) groups is 1. The first-order chi connectivity index (χ1) is 9.81. The molecular weight excluding hydrogens is 380 g/mol. The molecule has 0 atom stereocenters. The van der Waals surface area contributed by atoms with E-state index in [2.05, 4.69) is 25.6 Å². The van der Waals surface area contributed by atoms with E-state index in [0.717, 1.165) is 11.3 Å². The number of hydrogen-bond donors (Lipinski definition) is 2. The molecule has 1 heterocycles. The molecule has 0 saturated heterocycles. The molecule has 0 spiro atoms. The maximum atomic E-state index is 12.2. The number of nitrogens with zero attached hydrogens (tertiary/aromatic N) is 1. The molecule has 0 unspecified atom stereocenters. The second-order valence-electron chi connectivity index (χ2n) is 4.08. The number of aromatic carboxylic acids is 1.